The average molecular weight is 346 g/mol. The van der Waals surface area contributed by atoms with Crippen molar-refractivity contribution in [1.82, 2.24) is 5.32 Å². The largest absolute Gasteiger partial charge is 0.416 e. The number of carbonyl (C=O) groups is 2. The molecule has 0 unspecified atom stereocenters. The maximum Gasteiger partial charge on any atom is 0.416 e. The molecule has 0 saturated carbocycles. The Balaban J connectivity index is 2.17. The molecule has 2 rings (SSSR count). The lowest BCUT2D eigenvalue weighted by atomic mass is 10.1. The van der Waals surface area contributed by atoms with E-state index in [9.17, 15) is 22.8 Å². The molecule has 1 fully saturated rings. The molecule has 2 amide bonds. The number of thioether (sulfide) groups is 1. The number of anilines is 1. The number of rotatable bonds is 4. The molecule has 0 aromatic heterocycles. The van der Waals surface area contributed by atoms with E-state index < -0.39 is 23.6 Å². The van der Waals surface area contributed by atoms with Gasteiger partial charge in [0.1, 0.15) is 0 Å². The minimum absolute atomic E-state index is 0.0484. The van der Waals surface area contributed by atoms with E-state index in [1.165, 1.54) is 13.0 Å². The van der Waals surface area contributed by atoms with Gasteiger partial charge in [-0.25, -0.2) is 0 Å². The fourth-order valence-corrected chi connectivity index (χ4v) is 3.51. The molecule has 1 saturated heterocycles. The van der Waals surface area contributed by atoms with Gasteiger partial charge in [-0.2, -0.15) is 24.9 Å². The molecule has 1 aromatic rings. The van der Waals surface area contributed by atoms with E-state index in [2.05, 4.69) is 10.6 Å². The number of nitrogens with one attached hydrogen (secondary N) is 2. The lowest BCUT2D eigenvalue weighted by molar-refractivity contribution is -0.137. The molecule has 0 radical (unpaired) electrons. The molecule has 2 N–H and O–H groups in total. The maximum absolute atomic E-state index is 12.9. The van der Waals surface area contributed by atoms with Crippen molar-refractivity contribution in [2.24, 2.45) is 0 Å². The summed E-state index contributed by atoms with van der Waals surface area (Å²) in [5.74, 6) is -0.0372. The van der Waals surface area contributed by atoms with E-state index in [1.54, 1.807) is 11.8 Å². The third-order valence-electron chi connectivity index (χ3n) is 3.36. The second-order valence-corrected chi connectivity index (χ2v) is 6.73. The molecule has 8 heteroatoms. The minimum Gasteiger partial charge on any atom is -0.351 e. The fourth-order valence-electron chi connectivity index (χ4n) is 2.31. The van der Waals surface area contributed by atoms with Crippen molar-refractivity contribution < 1.29 is 22.8 Å². The summed E-state index contributed by atoms with van der Waals surface area (Å²) in [5.41, 5.74) is -1.14. The van der Waals surface area contributed by atoms with Crippen molar-refractivity contribution in [2.75, 3.05) is 17.6 Å². The Morgan fingerprint density at radius 1 is 1.30 bits per heavy atom. The molecule has 1 heterocycles. The van der Waals surface area contributed by atoms with E-state index >= 15 is 0 Å². The average Bonchev–Trinajstić information content (AvgIpc) is 2.96. The Hall–Kier alpha value is -1.70. The standard InChI is InChI=1S/C15H17F3N2O2S/c1-9(21)20-12-6-10(5-11(7-12)15(16,17)18)14(22)19-8-13-3-2-4-23-13/h5-7,13H,2-4,8H2,1H3,(H,19,22)(H,20,21)/t13-/m1/s1. The molecule has 1 aliphatic heterocycles. The molecular formula is C15H17F3N2O2S. The SMILES string of the molecule is CC(=O)Nc1cc(C(=O)NC[C@H]2CCCS2)cc(C(F)(F)F)c1. The van der Waals surface area contributed by atoms with E-state index in [1.807, 2.05) is 0 Å². The van der Waals surface area contributed by atoms with Crippen LogP contribution in [0.2, 0.25) is 0 Å². The minimum atomic E-state index is -4.59. The van der Waals surface area contributed by atoms with Gasteiger partial charge >= 0.3 is 6.18 Å². The van der Waals surface area contributed by atoms with Gasteiger partial charge in [-0.1, -0.05) is 0 Å². The molecule has 0 bridgehead atoms. The topological polar surface area (TPSA) is 58.2 Å². The number of amides is 2. The quantitative estimate of drug-likeness (QED) is 0.880. The van der Waals surface area contributed by atoms with Crippen LogP contribution in [0.5, 0.6) is 0 Å². The predicted molar refractivity (Wildman–Crippen MR) is 83.6 cm³/mol. The molecule has 0 aliphatic carbocycles. The number of benzene rings is 1. The molecule has 0 spiro atoms. The van der Waals surface area contributed by atoms with Crippen LogP contribution in [0.25, 0.3) is 0 Å². The summed E-state index contributed by atoms with van der Waals surface area (Å²) >= 11 is 1.75. The van der Waals surface area contributed by atoms with Gasteiger partial charge in [0.15, 0.2) is 0 Å². The van der Waals surface area contributed by atoms with Crippen molar-refractivity contribution in [3.8, 4) is 0 Å². The highest BCUT2D eigenvalue weighted by Crippen LogP contribution is 2.32. The van der Waals surface area contributed by atoms with Crippen molar-refractivity contribution in [2.45, 2.75) is 31.2 Å². The summed E-state index contributed by atoms with van der Waals surface area (Å²) in [6, 6.07) is 2.85. The van der Waals surface area contributed by atoms with Crippen molar-refractivity contribution in [1.29, 1.82) is 0 Å². The van der Waals surface area contributed by atoms with Gasteiger partial charge in [0.2, 0.25) is 5.91 Å². The van der Waals surface area contributed by atoms with Crippen molar-refractivity contribution >= 4 is 29.3 Å². The fraction of sp³-hybridized carbons (Fsp3) is 0.467. The van der Waals surface area contributed by atoms with Crippen LogP contribution in [-0.4, -0.2) is 29.4 Å². The summed E-state index contributed by atoms with van der Waals surface area (Å²) < 4.78 is 38.8. The molecule has 4 nitrogen and oxygen atoms in total. The summed E-state index contributed by atoms with van der Waals surface area (Å²) in [4.78, 5) is 23.2. The zero-order valence-corrected chi connectivity index (χ0v) is 13.3. The summed E-state index contributed by atoms with van der Waals surface area (Å²) in [7, 11) is 0. The first-order valence-electron chi connectivity index (χ1n) is 7.15. The third-order valence-corrected chi connectivity index (χ3v) is 4.76. The number of hydrogen-bond acceptors (Lipinski definition) is 3. The van der Waals surface area contributed by atoms with Gasteiger partial charge in [0.05, 0.1) is 5.56 Å². The maximum atomic E-state index is 12.9. The highest BCUT2D eigenvalue weighted by molar-refractivity contribution is 8.00. The number of halogens is 3. The van der Waals surface area contributed by atoms with Crippen LogP contribution in [0.4, 0.5) is 18.9 Å². The Morgan fingerprint density at radius 2 is 2.04 bits per heavy atom. The highest BCUT2D eigenvalue weighted by atomic mass is 32.2. The van der Waals surface area contributed by atoms with Gasteiger partial charge in [0, 0.05) is 30.0 Å². The third kappa shape index (κ3) is 5.16. The van der Waals surface area contributed by atoms with E-state index in [-0.39, 0.29) is 11.3 Å². The lowest BCUT2D eigenvalue weighted by Gasteiger charge is -2.14. The van der Waals surface area contributed by atoms with Crippen LogP contribution < -0.4 is 10.6 Å². The highest BCUT2D eigenvalue weighted by Gasteiger charge is 2.32. The summed E-state index contributed by atoms with van der Waals surface area (Å²) in [5, 5.41) is 5.25. The molecule has 1 aromatic carbocycles. The van der Waals surface area contributed by atoms with Crippen LogP contribution in [0.3, 0.4) is 0 Å². The molecule has 23 heavy (non-hydrogen) atoms. The van der Waals surface area contributed by atoms with Crippen LogP contribution in [0.15, 0.2) is 18.2 Å². The van der Waals surface area contributed by atoms with E-state index in [4.69, 9.17) is 0 Å². The van der Waals surface area contributed by atoms with Gasteiger partial charge in [0.25, 0.3) is 5.91 Å². The zero-order valence-electron chi connectivity index (χ0n) is 12.5. The molecule has 126 valence electrons. The van der Waals surface area contributed by atoms with Crippen molar-refractivity contribution in [3.63, 3.8) is 0 Å². The predicted octanol–water partition coefficient (Wildman–Crippen LogP) is 3.29. The van der Waals surface area contributed by atoms with Gasteiger partial charge in [-0.05, 0) is 36.8 Å². The second-order valence-electron chi connectivity index (χ2n) is 5.32. The first kappa shape index (κ1) is 17.7. The summed E-state index contributed by atoms with van der Waals surface area (Å²) in [6.45, 7) is 1.62. The van der Waals surface area contributed by atoms with E-state index in [0.717, 1.165) is 30.7 Å². The van der Waals surface area contributed by atoms with Crippen LogP contribution in [0.1, 0.15) is 35.7 Å². The normalized spacial score (nSPS) is 17.8. The number of alkyl halides is 3. The lowest BCUT2D eigenvalue weighted by Crippen LogP contribution is -2.30. The summed E-state index contributed by atoms with van der Waals surface area (Å²) in [6.07, 6.45) is -2.52. The Bertz CT molecular complexity index is 599. The van der Waals surface area contributed by atoms with Crippen LogP contribution >= 0.6 is 11.8 Å². The zero-order chi connectivity index (χ0) is 17.0. The number of hydrogen-bond donors (Lipinski definition) is 2. The first-order valence-corrected chi connectivity index (χ1v) is 8.20. The van der Waals surface area contributed by atoms with Crippen LogP contribution in [-0.2, 0) is 11.0 Å². The number of carbonyl (C=O) groups excluding carboxylic acids is 2. The smallest absolute Gasteiger partial charge is 0.351 e. The Labute approximate surface area is 136 Å². The van der Waals surface area contributed by atoms with Crippen LogP contribution in [0, 0.1) is 0 Å². The van der Waals surface area contributed by atoms with E-state index in [0.29, 0.717) is 11.8 Å². The monoisotopic (exact) mass is 346 g/mol. The Kier molecular flexibility index (Phi) is 5.56. The van der Waals surface area contributed by atoms with Crippen molar-refractivity contribution in [3.05, 3.63) is 29.3 Å². The Morgan fingerprint density at radius 3 is 2.61 bits per heavy atom. The molecule has 1 aliphatic rings. The molecule has 1 atom stereocenters. The van der Waals surface area contributed by atoms with Gasteiger partial charge in [-0.3, -0.25) is 9.59 Å². The first-order chi connectivity index (χ1) is 10.8. The second kappa shape index (κ2) is 7.25. The van der Waals surface area contributed by atoms with Gasteiger partial charge in [-0.15, -0.1) is 0 Å². The molecular weight excluding hydrogens is 329 g/mol. The van der Waals surface area contributed by atoms with Gasteiger partial charge < -0.3 is 10.6 Å².